The Morgan fingerprint density at radius 1 is 1.38 bits per heavy atom. The lowest BCUT2D eigenvalue weighted by Gasteiger charge is -2.16. The van der Waals surface area contributed by atoms with Crippen molar-refractivity contribution in [2.75, 3.05) is 16.9 Å². The summed E-state index contributed by atoms with van der Waals surface area (Å²) in [5.74, 6) is 6.71. The average Bonchev–Trinajstić information content (AvgIpc) is 2.87. The molecule has 0 fully saturated rings. The molecule has 0 atom stereocenters. The highest BCUT2D eigenvalue weighted by atomic mass is 35.5. The van der Waals surface area contributed by atoms with Crippen LogP contribution >= 0.6 is 35.0 Å². The molecule has 0 saturated carbocycles. The van der Waals surface area contributed by atoms with Crippen LogP contribution in [0.3, 0.4) is 0 Å². The monoisotopic (exact) mass is 388 g/mol. The van der Waals surface area contributed by atoms with Gasteiger partial charge in [0.2, 0.25) is 11.1 Å². The van der Waals surface area contributed by atoms with Crippen molar-refractivity contribution >= 4 is 46.7 Å². The Bertz CT molecular complexity index is 771. The summed E-state index contributed by atoms with van der Waals surface area (Å²) in [6, 6.07) is 0. The van der Waals surface area contributed by atoms with E-state index in [1.54, 1.807) is 6.92 Å². The van der Waals surface area contributed by atoms with Gasteiger partial charge in [0.15, 0.2) is 11.6 Å². The van der Waals surface area contributed by atoms with Gasteiger partial charge in [0.25, 0.3) is 0 Å². The van der Waals surface area contributed by atoms with E-state index in [0.29, 0.717) is 26.6 Å². The Labute approximate surface area is 154 Å². The second-order valence-electron chi connectivity index (χ2n) is 6.16. The van der Waals surface area contributed by atoms with Crippen LogP contribution in [0.1, 0.15) is 32.2 Å². The van der Waals surface area contributed by atoms with Crippen molar-refractivity contribution in [1.29, 1.82) is 0 Å². The van der Waals surface area contributed by atoms with Gasteiger partial charge >= 0.3 is 0 Å². The van der Waals surface area contributed by atoms with E-state index < -0.39 is 0 Å². The fraction of sp³-hybridized carbons (Fsp3) is 0.429. The predicted octanol–water partition coefficient (Wildman–Crippen LogP) is 3.03. The molecule has 130 valence electrons. The van der Waals surface area contributed by atoms with Gasteiger partial charge in [-0.05, 0) is 12.5 Å². The number of carbonyl (C=O) groups excluding carboxylic acids is 1. The largest absolute Gasteiger partial charge is 0.336 e. The van der Waals surface area contributed by atoms with Gasteiger partial charge in [-0.3, -0.25) is 4.79 Å². The number of nitrogens with zero attached hydrogens (tertiary/aromatic N) is 4. The van der Waals surface area contributed by atoms with Crippen molar-refractivity contribution in [3.05, 3.63) is 27.6 Å². The molecule has 1 amide bonds. The Hall–Kier alpha value is -1.51. The Balaban J connectivity index is 2.02. The number of halogens is 2. The molecule has 0 saturated heterocycles. The van der Waals surface area contributed by atoms with Crippen LogP contribution in [0.2, 0.25) is 10.0 Å². The molecule has 3 N–H and O–H groups in total. The summed E-state index contributed by atoms with van der Waals surface area (Å²) in [6.45, 7) is 7.70. The highest BCUT2D eigenvalue weighted by Gasteiger charge is 2.23. The first-order chi connectivity index (χ1) is 11.1. The summed E-state index contributed by atoms with van der Waals surface area (Å²) in [5.41, 5.74) is 0.425. The third kappa shape index (κ3) is 4.12. The summed E-state index contributed by atoms with van der Waals surface area (Å²) in [6.07, 6.45) is 1.44. The number of anilines is 1. The molecule has 2 aromatic heterocycles. The molecule has 0 aliphatic heterocycles. The Morgan fingerprint density at radius 3 is 2.62 bits per heavy atom. The number of nitrogens with one attached hydrogen (secondary N) is 1. The number of hydrogen-bond donors (Lipinski definition) is 2. The lowest BCUT2D eigenvalue weighted by Crippen LogP contribution is -2.24. The van der Waals surface area contributed by atoms with Crippen molar-refractivity contribution in [3.8, 4) is 0 Å². The van der Waals surface area contributed by atoms with Crippen LogP contribution in [0, 0.1) is 6.92 Å². The summed E-state index contributed by atoms with van der Waals surface area (Å²) < 4.78 is 1.40. The molecule has 0 unspecified atom stereocenters. The van der Waals surface area contributed by atoms with Crippen molar-refractivity contribution in [2.24, 2.45) is 0 Å². The molecule has 0 spiro atoms. The van der Waals surface area contributed by atoms with Crippen LogP contribution in [0.5, 0.6) is 0 Å². The topological polar surface area (TPSA) is 98.7 Å². The zero-order valence-corrected chi connectivity index (χ0v) is 16.1. The highest BCUT2D eigenvalue weighted by Crippen LogP contribution is 2.29. The first-order valence-electron chi connectivity index (χ1n) is 7.05. The number of amides is 1. The van der Waals surface area contributed by atoms with E-state index in [1.807, 2.05) is 20.8 Å². The second kappa shape index (κ2) is 7.16. The maximum atomic E-state index is 12.1. The van der Waals surface area contributed by atoms with E-state index >= 15 is 0 Å². The number of rotatable bonds is 4. The first-order valence-corrected chi connectivity index (χ1v) is 8.79. The zero-order valence-electron chi connectivity index (χ0n) is 13.7. The summed E-state index contributed by atoms with van der Waals surface area (Å²) >= 11 is 13.2. The van der Waals surface area contributed by atoms with Crippen LogP contribution in [0.15, 0.2) is 11.4 Å². The van der Waals surface area contributed by atoms with Crippen molar-refractivity contribution < 1.29 is 4.79 Å². The minimum Gasteiger partial charge on any atom is -0.336 e. The number of aromatic nitrogens is 4. The first kappa shape index (κ1) is 18.8. The normalized spacial score (nSPS) is 11.6. The second-order valence-corrected chi connectivity index (χ2v) is 7.88. The number of thioether (sulfide) groups is 1. The average molecular weight is 389 g/mol. The molecular weight excluding hydrogens is 371 g/mol. The minimum atomic E-state index is -0.281. The smallest absolute Gasteiger partial charge is 0.236 e. The van der Waals surface area contributed by atoms with E-state index in [9.17, 15) is 4.79 Å². The number of nitrogens with two attached hydrogens (primary N) is 1. The van der Waals surface area contributed by atoms with E-state index in [4.69, 9.17) is 29.0 Å². The minimum absolute atomic E-state index is 0.0964. The summed E-state index contributed by atoms with van der Waals surface area (Å²) in [7, 11) is 0. The number of carbonyl (C=O) groups is 1. The molecule has 0 aliphatic rings. The fourth-order valence-corrected chi connectivity index (χ4v) is 2.88. The van der Waals surface area contributed by atoms with Gasteiger partial charge in [0.05, 0.1) is 15.8 Å². The van der Waals surface area contributed by atoms with Gasteiger partial charge in [-0.15, -0.1) is 10.2 Å². The lowest BCUT2D eigenvalue weighted by atomic mass is 9.96. The molecule has 7 nitrogen and oxygen atoms in total. The van der Waals surface area contributed by atoms with Gasteiger partial charge in [-0.25, -0.2) is 9.66 Å². The SMILES string of the molecule is Cc1c(Cl)cnc(NC(=O)CSc2nnc(C(C)(C)C)n2N)c1Cl. The lowest BCUT2D eigenvalue weighted by molar-refractivity contribution is -0.113. The van der Waals surface area contributed by atoms with Gasteiger partial charge < -0.3 is 11.2 Å². The standard InChI is InChI=1S/C14H18Cl2N6OS/c1-7-8(15)5-18-11(10(7)16)19-9(23)6-24-13-21-20-12(22(13)17)14(2,3)4/h5H,6,17H2,1-4H3,(H,18,19,23). The Kier molecular flexibility index (Phi) is 5.62. The molecule has 2 rings (SSSR count). The van der Waals surface area contributed by atoms with E-state index in [2.05, 4.69) is 20.5 Å². The fourth-order valence-electron chi connectivity index (χ4n) is 1.83. The molecule has 10 heteroatoms. The van der Waals surface area contributed by atoms with E-state index in [1.165, 1.54) is 22.6 Å². The van der Waals surface area contributed by atoms with E-state index in [0.717, 1.165) is 0 Å². The number of pyridine rings is 1. The molecule has 2 heterocycles. The Morgan fingerprint density at radius 2 is 2.04 bits per heavy atom. The molecule has 0 aliphatic carbocycles. The van der Waals surface area contributed by atoms with Gasteiger partial charge in [0.1, 0.15) is 0 Å². The molecule has 0 bridgehead atoms. The van der Waals surface area contributed by atoms with Crippen molar-refractivity contribution in [1.82, 2.24) is 19.9 Å². The zero-order chi connectivity index (χ0) is 18.1. The highest BCUT2D eigenvalue weighted by molar-refractivity contribution is 7.99. The predicted molar refractivity (Wildman–Crippen MR) is 97.2 cm³/mol. The van der Waals surface area contributed by atoms with Crippen LogP contribution in [-0.2, 0) is 10.2 Å². The van der Waals surface area contributed by atoms with Crippen LogP contribution in [0.4, 0.5) is 5.82 Å². The van der Waals surface area contributed by atoms with Crippen LogP contribution < -0.4 is 11.2 Å². The molecule has 0 radical (unpaired) electrons. The van der Waals surface area contributed by atoms with Crippen molar-refractivity contribution in [3.63, 3.8) is 0 Å². The third-order valence-electron chi connectivity index (χ3n) is 3.13. The van der Waals surface area contributed by atoms with Crippen molar-refractivity contribution in [2.45, 2.75) is 38.3 Å². The number of nitrogen functional groups attached to an aromatic ring is 1. The van der Waals surface area contributed by atoms with Gasteiger partial charge in [-0.2, -0.15) is 0 Å². The van der Waals surface area contributed by atoms with Gasteiger partial charge in [-0.1, -0.05) is 55.7 Å². The number of hydrogen-bond acceptors (Lipinski definition) is 6. The van der Waals surface area contributed by atoms with Crippen LogP contribution in [0.25, 0.3) is 0 Å². The quantitative estimate of drug-likeness (QED) is 0.616. The molecule has 24 heavy (non-hydrogen) atoms. The molecular formula is C14H18Cl2N6OS. The summed E-state index contributed by atoms with van der Waals surface area (Å²) in [4.78, 5) is 16.1. The van der Waals surface area contributed by atoms with E-state index in [-0.39, 0.29) is 22.9 Å². The van der Waals surface area contributed by atoms with Gasteiger partial charge in [0, 0.05) is 11.6 Å². The molecule has 0 aromatic carbocycles. The van der Waals surface area contributed by atoms with Crippen LogP contribution in [-0.4, -0.2) is 31.5 Å². The third-order valence-corrected chi connectivity index (χ3v) is 4.91. The maximum absolute atomic E-state index is 12.1. The summed E-state index contributed by atoms with van der Waals surface area (Å²) in [5, 5.41) is 12.0. The molecule has 2 aromatic rings. The maximum Gasteiger partial charge on any atom is 0.236 e.